The number of aliphatic carboxylic acids is 4. The zero-order valence-electron chi connectivity index (χ0n) is 18.1. The fourth-order valence-electron chi connectivity index (χ4n) is 2.66. The lowest BCUT2D eigenvalue weighted by atomic mass is 10.2. The Morgan fingerprint density at radius 1 is 0.909 bits per heavy atom. The summed E-state index contributed by atoms with van der Waals surface area (Å²) >= 11 is 0. The van der Waals surface area contributed by atoms with Crippen molar-refractivity contribution in [1.29, 1.82) is 0 Å². The number of phenolic OH excluding ortho intramolecular Hbond substituents is 1. The van der Waals surface area contributed by atoms with Crippen LogP contribution >= 0.6 is 0 Å². The number of hydrogen-bond acceptors (Lipinski definition) is 9. The number of carbonyl (C=O) groups is 4. The third-order valence-electron chi connectivity index (χ3n) is 4.54. The highest BCUT2D eigenvalue weighted by atomic mass is 16.4. The lowest BCUT2D eigenvalue weighted by molar-refractivity contribution is -0.895. The highest BCUT2D eigenvalue weighted by Gasteiger charge is 2.20. The number of carbonyl (C=O) groups excluding carboxylic acids is 2. The molecule has 0 radical (unpaired) electrons. The largest absolute Gasteiger partial charge is 0.550 e. The minimum Gasteiger partial charge on any atom is -0.550 e. The molecule has 2 unspecified atom stereocenters. The topological polar surface area (TPSA) is 248 Å². The lowest BCUT2D eigenvalue weighted by Crippen LogP contribution is -3.17. The number of carboxylic acids is 4. The van der Waals surface area contributed by atoms with Gasteiger partial charge >= 0.3 is 11.9 Å². The summed E-state index contributed by atoms with van der Waals surface area (Å²) in [6, 6.07) is 5.43. The second kappa shape index (κ2) is 16.4. The first-order chi connectivity index (χ1) is 15.5. The van der Waals surface area contributed by atoms with Crippen molar-refractivity contribution in [3.63, 3.8) is 0 Å². The predicted octanol–water partition coefficient (Wildman–Crippen LogP) is -5.66. The van der Waals surface area contributed by atoms with Gasteiger partial charge < -0.3 is 51.9 Å². The fraction of sp³-hybridized carbons (Fsp3) is 0.500. The molecule has 2 atom stereocenters. The Hall–Kier alpha value is -3.26. The molecule has 0 spiro atoms. The number of quaternary nitrogens is 2. The van der Waals surface area contributed by atoms with Crippen LogP contribution in [0.4, 0.5) is 5.69 Å². The van der Waals surface area contributed by atoms with Gasteiger partial charge in [0.2, 0.25) is 0 Å². The first-order valence-corrected chi connectivity index (χ1v) is 10.3. The number of piperazine rings is 1. The minimum absolute atomic E-state index is 0.0856. The summed E-state index contributed by atoms with van der Waals surface area (Å²) in [4.78, 5) is 40.9. The monoisotopic (exact) mass is 472 g/mol. The first kappa shape index (κ1) is 29.7. The van der Waals surface area contributed by atoms with Crippen molar-refractivity contribution in [2.45, 2.75) is 37.8 Å². The number of nitrogens with one attached hydrogen (secondary N) is 1. The van der Waals surface area contributed by atoms with Crippen molar-refractivity contribution in [3.8, 4) is 5.75 Å². The van der Waals surface area contributed by atoms with Gasteiger partial charge in [-0.1, -0.05) is 12.1 Å². The SMILES string of the molecule is NC(CCC(=O)[O-])C(=O)O.NC(CCC(=O)[O-])C(=O)O.Oc1ccccc1[NH+]1CC[NH2+]CC1. The molecule has 1 heterocycles. The van der Waals surface area contributed by atoms with Gasteiger partial charge in [0.15, 0.2) is 11.4 Å². The van der Waals surface area contributed by atoms with Crippen molar-refractivity contribution >= 4 is 29.6 Å². The molecule has 1 aromatic carbocycles. The van der Waals surface area contributed by atoms with E-state index in [1.807, 2.05) is 18.2 Å². The van der Waals surface area contributed by atoms with Crippen LogP contribution in [-0.2, 0) is 19.2 Å². The highest BCUT2D eigenvalue weighted by Crippen LogP contribution is 2.16. The Bertz CT molecular complexity index is 736. The van der Waals surface area contributed by atoms with Crippen LogP contribution in [0.2, 0.25) is 0 Å². The Morgan fingerprint density at radius 2 is 1.33 bits per heavy atom. The molecule has 0 aliphatic carbocycles. The molecule has 13 heteroatoms. The molecule has 10 N–H and O–H groups in total. The van der Waals surface area contributed by atoms with Gasteiger partial charge in [0.25, 0.3) is 0 Å². The van der Waals surface area contributed by atoms with Crippen molar-refractivity contribution in [2.24, 2.45) is 11.5 Å². The summed E-state index contributed by atoms with van der Waals surface area (Å²) in [7, 11) is 0. The third kappa shape index (κ3) is 14.4. The van der Waals surface area contributed by atoms with Crippen molar-refractivity contribution in [3.05, 3.63) is 24.3 Å². The summed E-state index contributed by atoms with van der Waals surface area (Å²) in [6.45, 7) is 4.53. The number of phenols is 1. The van der Waals surface area contributed by atoms with Crippen LogP contribution in [0.5, 0.6) is 5.75 Å². The zero-order valence-corrected chi connectivity index (χ0v) is 18.1. The number of para-hydroxylation sites is 2. The van der Waals surface area contributed by atoms with Crippen LogP contribution in [0.1, 0.15) is 25.7 Å². The third-order valence-corrected chi connectivity index (χ3v) is 4.54. The van der Waals surface area contributed by atoms with Gasteiger partial charge in [0.05, 0.1) is 0 Å². The molecule has 1 saturated heterocycles. The van der Waals surface area contributed by atoms with E-state index in [1.54, 1.807) is 6.07 Å². The Morgan fingerprint density at radius 3 is 1.70 bits per heavy atom. The van der Waals surface area contributed by atoms with Gasteiger partial charge in [0.1, 0.15) is 38.3 Å². The Labute approximate surface area is 190 Å². The first-order valence-electron chi connectivity index (χ1n) is 10.3. The van der Waals surface area contributed by atoms with E-state index >= 15 is 0 Å². The standard InChI is InChI=1S/C10H14N2O.2C5H9NO4/c13-10-4-2-1-3-9(10)12-7-5-11-6-8-12;2*6-3(5(9)10)1-2-4(7)8/h1-4,11,13H,5-8H2;2*3H,1-2,6H2,(H,7,8)(H,9,10). The molecule has 1 aliphatic heterocycles. The molecule has 2 rings (SSSR count). The predicted molar refractivity (Wildman–Crippen MR) is 110 cm³/mol. The Balaban J connectivity index is 0.000000474. The maximum atomic E-state index is 9.97. The van der Waals surface area contributed by atoms with Crippen LogP contribution in [0.15, 0.2) is 24.3 Å². The summed E-state index contributed by atoms with van der Waals surface area (Å²) in [5.74, 6) is -4.52. The number of benzene rings is 1. The molecule has 0 amide bonds. The molecule has 1 aliphatic rings. The summed E-state index contributed by atoms with van der Waals surface area (Å²) in [6.07, 6.45) is -0.795. The maximum absolute atomic E-state index is 9.97. The zero-order chi connectivity index (χ0) is 25.4. The number of aromatic hydroxyl groups is 1. The van der Waals surface area contributed by atoms with Crippen molar-refractivity contribution in [2.75, 3.05) is 26.2 Å². The van der Waals surface area contributed by atoms with Crippen LogP contribution in [0.25, 0.3) is 0 Å². The quantitative estimate of drug-likeness (QED) is 0.167. The molecule has 1 fully saturated rings. The molecule has 33 heavy (non-hydrogen) atoms. The number of carboxylic acid groups (broad SMARTS) is 4. The Kier molecular flexibility index (Phi) is 14.8. The normalized spacial score (nSPS) is 15.0. The number of rotatable bonds is 9. The number of nitrogens with two attached hydrogens (primary N) is 3. The molecule has 1 aromatic rings. The van der Waals surface area contributed by atoms with Crippen LogP contribution in [-0.4, -0.2) is 77.5 Å². The van der Waals surface area contributed by atoms with E-state index in [9.17, 15) is 34.5 Å². The van der Waals surface area contributed by atoms with E-state index in [0.717, 1.165) is 31.9 Å². The fourth-order valence-corrected chi connectivity index (χ4v) is 2.66. The smallest absolute Gasteiger partial charge is 0.320 e. The van der Waals surface area contributed by atoms with Gasteiger partial charge in [0, 0.05) is 18.0 Å². The van der Waals surface area contributed by atoms with Gasteiger partial charge in [-0.3, -0.25) is 14.5 Å². The minimum atomic E-state index is -1.28. The second-order valence-electron chi connectivity index (χ2n) is 7.20. The average molecular weight is 472 g/mol. The summed E-state index contributed by atoms with van der Waals surface area (Å²) < 4.78 is 0. The summed E-state index contributed by atoms with van der Waals surface area (Å²) in [5.41, 5.74) is 11.0. The van der Waals surface area contributed by atoms with Crippen LogP contribution in [0, 0.1) is 0 Å². The lowest BCUT2D eigenvalue weighted by Gasteiger charge is -2.22. The molecular formula is C20H32N4O9. The molecular weight excluding hydrogens is 440 g/mol. The second-order valence-corrected chi connectivity index (χ2v) is 7.20. The maximum Gasteiger partial charge on any atom is 0.320 e. The molecule has 0 aromatic heterocycles. The van der Waals surface area contributed by atoms with Crippen molar-refractivity contribution in [1.82, 2.24) is 0 Å². The number of hydrogen-bond donors (Lipinski definition) is 7. The van der Waals surface area contributed by atoms with E-state index < -0.39 is 36.0 Å². The molecule has 0 saturated carbocycles. The van der Waals surface area contributed by atoms with Crippen LogP contribution in [0.3, 0.4) is 0 Å². The van der Waals surface area contributed by atoms with Gasteiger partial charge in [-0.25, -0.2) is 0 Å². The molecule has 0 bridgehead atoms. The van der Waals surface area contributed by atoms with Gasteiger partial charge in [-0.15, -0.1) is 0 Å². The highest BCUT2D eigenvalue weighted by molar-refractivity contribution is 5.74. The van der Waals surface area contributed by atoms with E-state index in [4.69, 9.17) is 21.7 Å². The molecule has 13 nitrogen and oxygen atoms in total. The van der Waals surface area contributed by atoms with Crippen molar-refractivity contribution < 1.29 is 54.9 Å². The van der Waals surface area contributed by atoms with Gasteiger partial charge in [-0.2, -0.15) is 0 Å². The van der Waals surface area contributed by atoms with Gasteiger partial charge in [-0.05, 0) is 31.7 Å². The summed E-state index contributed by atoms with van der Waals surface area (Å²) in [5, 5.41) is 47.8. The van der Waals surface area contributed by atoms with Crippen LogP contribution < -0.4 is 31.9 Å². The van der Waals surface area contributed by atoms with E-state index in [2.05, 4.69) is 5.32 Å². The van der Waals surface area contributed by atoms with E-state index in [0.29, 0.717) is 5.75 Å². The molecule has 186 valence electrons. The van der Waals surface area contributed by atoms with E-state index in [1.165, 1.54) is 4.90 Å². The van der Waals surface area contributed by atoms with E-state index in [-0.39, 0.29) is 25.7 Å². The average Bonchev–Trinajstić information content (AvgIpc) is 2.77.